The van der Waals surface area contributed by atoms with Gasteiger partial charge in [-0.15, -0.1) is 17.9 Å². The Morgan fingerprint density at radius 1 is 1.59 bits per heavy atom. The summed E-state index contributed by atoms with van der Waals surface area (Å²) in [5.41, 5.74) is 0. The normalized spacial score (nSPS) is 12.0. The second-order valence-electron chi connectivity index (χ2n) is 3.74. The standard InChI is InChI=1S/C11H18N2O2S2/c1-5-6-13(4)17(14,15)11-7-10(8-12-3)16-9(11)2/h5,7,12H,1,6,8H2,2-4H3. The average molecular weight is 274 g/mol. The zero-order valence-corrected chi connectivity index (χ0v) is 12.0. The molecule has 17 heavy (non-hydrogen) atoms. The van der Waals surface area contributed by atoms with Gasteiger partial charge in [0.2, 0.25) is 10.0 Å². The first-order valence-corrected chi connectivity index (χ1v) is 7.50. The molecule has 4 nitrogen and oxygen atoms in total. The van der Waals surface area contributed by atoms with Crippen molar-refractivity contribution in [1.82, 2.24) is 9.62 Å². The van der Waals surface area contributed by atoms with E-state index in [1.54, 1.807) is 19.2 Å². The molecule has 1 aromatic rings. The fraction of sp³-hybridized carbons (Fsp3) is 0.455. The van der Waals surface area contributed by atoms with Gasteiger partial charge < -0.3 is 5.32 Å². The van der Waals surface area contributed by atoms with Crippen LogP contribution < -0.4 is 5.32 Å². The highest BCUT2D eigenvalue weighted by Gasteiger charge is 2.23. The molecule has 0 atom stereocenters. The third kappa shape index (κ3) is 3.16. The maximum Gasteiger partial charge on any atom is 0.244 e. The number of thiophene rings is 1. The highest BCUT2D eigenvalue weighted by Crippen LogP contribution is 2.27. The summed E-state index contributed by atoms with van der Waals surface area (Å²) in [5, 5.41) is 3.02. The van der Waals surface area contributed by atoms with Crippen LogP contribution in [0.1, 0.15) is 9.75 Å². The molecule has 1 N–H and O–H groups in total. The molecule has 0 saturated carbocycles. The van der Waals surface area contributed by atoms with Gasteiger partial charge >= 0.3 is 0 Å². The molecule has 0 radical (unpaired) electrons. The van der Waals surface area contributed by atoms with Crippen LogP contribution in [0.25, 0.3) is 0 Å². The Labute approximate surface area is 107 Å². The number of hydrogen-bond acceptors (Lipinski definition) is 4. The van der Waals surface area contributed by atoms with Crippen molar-refractivity contribution in [3.05, 3.63) is 28.5 Å². The van der Waals surface area contributed by atoms with Gasteiger partial charge in [0, 0.05) is 29.9 Å². The molecular weight excluding hydrogens is 256 g/mol. The topological polar surface area (TPSA) is 49.4 Å². The van der Waals surface area contributed by atoms with Gasteiger partial charge in [-0.3, -0.25) is 0 Å². The third-order valence-electron chi connectivity index (χ3n) is 2.35. The molecule has 0 aliphatic rings. The summed E-state index contributed by atoms with van der Waals surface area (Å²) in [6.45, 7) is 6.39. The van der Waals surface area contributed by atoms with Crippen molar-refractivity contribution in [2.75, 3.05) is 20.6 Å². The highest BCUT2D eigenvalue weighted by atomic mass is 32.2. The van der Waals surface area contributed by atoms with Gasteiger partial charge in [-0.05, 0) is 20.0 Å². The second kappa shape index (κ2) is 5.77. The van der Waals surface area contributed by atoms with E-state index in [0.717, 1.165) is 9.75 Å². The Hall–Kier alpha value is -0.690. The highest BCUT2D eigenvalue weighted by molar-refractivity contribution is 7.89. The molecule has 6 heteroatoms. The lowest BCUT2D eigenvalue weighted by Crippen LogP contribution is -2.27. The molecule has 0 bridgehead atoms. The fourth-order valence-electron chi connectivity index (χ4n) is 1.49. The summed E-state index contributed by atoms with van der Waals surface area (Å²) in [5.74, 6) is 0. The lowest BCUT2D eigenvalue weighted by atomic mass is 10.4. The van der Waals surface area contributed by atoms with Gasteiger partial charge in [0.1, 0.15) is 0 Å². The molecule has 0 aliphatic carbocycles. The minimum absolute atomic E-state index is 0.318. The molecule has 0 amide bonds. The average Bonchev–Trinajstić information content (AvgIpc) is 2.61. The van der Waals surface area contributed by atoms with E-state index in [-0.39, 0.29) is 0 Å². The third-order valence-corrected chi connectivity index (χ3v) is 5.48. The molecular formula is C11H18N2O2S2. The van der Waals surface area contributed by atoms with E-state index in [2.05, 4.69) is 11.9 Å². The Balaban J connectivity index is 3.10. The van der Waals surface area contributed by atoms with Gasteiger partial charge in [0.15, 0.2) is 0 Å². The summed E-state index contributed by atoms with van der Waals surface area (Å²) >= 11 is 1.51. The predicted molar refractivity (Wildman–Crippen MR) is 71.8 cm³/mol. The van der Waals surface area contributed by atoms with Crippen LogP contribution >= 0.6 is 11.3 Å². The predicted octanol–water partition coefficient (Wildman–Crippen LogP) is 1.58. The summed E-state index contributed by atoms with van der Waals surface area (Å²) in [4.78, 5) is 2.25. The lowest BCUT2D eigenvalue weighted by Gasteiger charge is -2.14. The first-order chi connectivity index (χ1) is 7.93. The van der Waals surface area contributed by atoms with Crippen LogP contribution in [-0.2, 0) is 16.6 Å². The quantitative estimate of drug-likeness (QED) is 0.801. The Morgan fingerprint density at radius 2 is 2.24 bits per heavy atom. The monoisotopic (exact) mass is 274 g/mol. The lowest BCUT2D eigenvalue weighted by molar-refractivity contribution is 0.499. The minimum atomic E-state index is -3.38. The number of likely N-dealkylation sites (N-methyl/N-ethyl adjacent to an activating group) is 1. The second-order valence-corrected chi connectivity index (χ2v) is 7.09. The van der Waals surface area contributed by atoms with Gasteiger partial charge in [-0.25, -0.2) is 8.42 Å². The van der Waals surface area contributed by atoms with Crippen LogP contribution in [0.15, 0.2) is 23.6 Å². The molecule has 0 unspecified atom stereocenters. The number of nitrogens with one attached hydrogen (secondary N) is 1. The number of hydrogen-bond donors (Lipinski definition) is 1. The number of aryl methyl sites for hydroxylation is 1. The van der Waals surface area contributed by atoms with Gasteiger partial charge in [-0.1, -0.05) is 6.08 Å². The van der Waals surface area contributed by atoms with Gasteiger partial charge in [0.25, 0.3) is 0 Å². The molecule has 0 saturated heterocycles. The van der Waals surface area contributed by atoms with Crippen LogP contribution in [0.3, 0.4) is 0 Å². The summed E-state index contributed by atoms with van der Waals surface area (Å²) in [7, 11) is 0.0172. The number of sulfonamides is 1. The maximum atomic E-state index is 12.2. The molecule has 1 rings (SSSR count). The van der Waals surface area contributed by atoms with E-state index in [1.165, 1.54) is 15.6 Å². The van der Waals surface area contributed by atoms with E-state index in [4.69, 9.17) is 0 Å². The van der Waals surface area contributed by atoms with Crippen LogP contribution in [-0.4, -0.2) is 33.4 Å². The van der Waals surface area contributed by atoms with Crippen molar-refractivity contribution in [2.24, 2.45) is 0 Å². The molecule has 0 spiro atoms. The van der Waals surface area contributed by atoms with Gasteiger partial charge in [-0.2, -0.15) is 4.31 Å². The van der Waals surface area contributed by atoms with Crippen molar-refractivity contribution in [3.8, 4) is 0 Å². The smallest absolute Gasteiger partial charge is 0.244 e. The van der Waals surface area contributed by atoms with Crippen LogP contribution in [0.5, 0.6) is 0 Å². The molecule has 1 heterocycles. The van der Waals surface area contributed by atoms with Gasteiger partial charge in [0.05, 0.1) is 4.90 Å². The zero-order valence-electron chi connectivity index (χ0n) is 10.4. The fourth-order valence-corrected chi connectivity index (χ4v) is 4.24. The van der Waals surface area contributed by atoms with Crippen molar-refractivity contribution in [1.29, 1.82) is 0 Å². The Kier molecular flexibility index (Phi) is 4.88. The van der Waals surface area contributed by atoms with E-state index >= 15 is 0 Å². The Bertz CT molecular complexity index is 492. The van der Waals surface area contributed by atoms with Crippen molar-refractivity contribution >= 4 is 21.4 Å². The molecule has 0 aromatic carbocycles. The van der Waals surface area contributed by atoms with Crippen molar-refractivity contribution in [2.45, 2.75) is 18.4 Å². The first kappa shape index (κ1) is 14.4. The van der Waals surface area contributed by atoms with Crippen molar-refractivity contribution < 1.29 is 8.42 Å². The van der Waals surface area contributed by atoms with E-state index in [1.807, 2.05) is 14.0 Å². The van der Waals surface area contributed by atoms with Crippen LogP contribution in [0.4, 0.5) is 0 Å². The van der Waals surface area contributed by atoms with E-state index in [0.29, 0.717) is 18.0 Å². The summed E-state index contributed by atoms with van der Waals surface area (Å²) in [6, 6.07) is 1.74. The van der Waals surface area contributed by atoms with Crippen LogP contribution in [0.2, 0.25) is 0 Å². The molecule has 96 valence electrons. The maximum absolute atomic E-state index is 12.2. The number of nitrogens with zero attached hydrogens (tertiary/aromatic N) is 1. The van der Waals surface area contributed by atoms with Crippen molar-refractivity contribution in [3.63, 3.8) is 0 Å². The van der Waals surface area contributed by atoms with E-state index < -0.39 is 10.0 Å². The minimum Gasteiger partial charge on any atom is -0.315 e. The summed E-state index contributed by atoms with van der Waals surface area (Å²) in [6.07, 6.45) is 1.58. The largest absolute Gasteiger partial charge is 0.315 e. The van der Waals surface area contributed by atoms with E-state index in [9.17, 15) is 8.42 Å². The SMILES string of the molecule is C=CCN(C)S(=O)(=O)c1cc(CNC)sc1C. The first-order valence-electron chi connectivity index (χ1n) is 5.24. The summed E-state index contributed by atoms with van der Waals surface area (Å²) < 4.78 is 25.8. The van der Waals surface area contributed by atoms with Crippen LogP contribution in [0, 0.1) is 6.92 Å². The molecule has 0 fully saturated rings. The molecule has 1 aromatic heterocycles. The number of rotatable bonds is 6. The zero-order chi connectivity index (χ0) is 13.1. The Morgan fingerprint density at radius 3 is 2.76 bits per heavy atom. The molecule has 0 aliphatic heterocycles.